The van der Waals surface area contributed by atoms with Crippen molar-refractivity contribution in [2.75, 3.05) is 6.61 Å². The Labute approximate surface area is 89.9 Å². The Bertz CT molecular complexity index is 424. The van der Waals surface area contributed by atoms with Crippen molar-refractivity contribution in [1.82, 2.24) is 9.55 Å². The highest BCUT2D eigenvalue weighted by Crippen LogP contribution is 2.30. The molecule has 1 aromatic rings. The van der Waals surface area contributed by atoms with Crippen molar-refractivity contribution in [3.8, 4) is 0 Å². The van der Waals surface area contributed by atoms with Crippen molar-refractivity contribution < 1.29 is 19.3 Å². The van der Waals surface area contributed by atoms with Crippen LogP contribution in [0.25, 0.3) is 0 Å². The summed E-state index contributed by atoms with van der Waals surface area (Å²) in [7, 11) is 0. The van der Waals surface area contributed by atoms with Gasteiger partial charge in [-0.15, -0.1) is 0 Å². The molecular formula is C9H11FN2O4. The Morgan fingerprint density at radius 3 is 2.94 bits per heavy atom. The fraction of sp³-hybridized carbons (Fsp3) is 0.556. The van der Waals surface area contributed by atoms with Crippen LogP contribution in [0, 0.1) is 0 Å². The molecule has 1 saturated heterocycles. The van der Waals surface area contributed by atoms with E-state index in [2.05, 4.69) is 4.98 Å². The highest BCUT2D eigenvalue weighted by molar-refractivity contribution is 4.92. The second-order valence-corrected chi connectivity index (χ2v) is 3.49. The summed E-state index contributed by atoms with van der Waals surface area (Å²) >= 11 is 0. The minimum Gasteiger partial charge on any atom is -0.394 e. The molecule has 0 unspecified atom stereocenters. The maximum Gasteiger partial charge on any atom is 0.349 e. The molecule has 0 aromatic carbocycles. The topological polar surface area (TPSA) is 84.6 Å². The second kappa shape index (κ2) is 4.28. The van der Waals surface area contributed by atoms with Crippen LogP contribution in [-0.4, -0.2) is 44.8 Å². The summed E-state index contributed by atoms with van der Waals surface area (Å²) in [5.74, 6) is 0. The van der Waals surface area contributed by atoms with Gasteiger partial charge in [-0.2, -0.15) is 0 Å². The largest absolute Gasteiger partial charge is 0.394 e. The van der Waals surface area contributed by atoms with Gasteiger partial charge >= 0.3 is 5.69 Å². The van der Waals surface area contributed by atoms with Crippen LogP contribution in [0.2, 0.25) is 0 Å². The highest BCUT2D eigenvalue weighted by Gasteiger charge is 2.45. The Morgan fingerprint density at radius 2 is 2.38 bits per heavy atom. The van der Waals surface area contributed by atoms with Crippen LogP contribution in [0.1, 0.15) is 6.23 Å². The van der Waals surface area contributed by atoms with Crippen LogP contribution >= 0.6 is 0 Å². The first kappa shape index (κ1) is 11.2. The molecule has 88 valence electrons. The van der Waals surface area contributed by atoms with E-state index in [1.807, 2.05) is 0 Å². The molecule has 0 spiro atoms. The van der Waals surface area contributed by atoms with E-state index in [0.29, 0.717) is 0 Å². The van der Waals surface area contributed by atoms with Gasteiger partial charge in [-0.3, -0.25) is 4.57 Å². The molecule has 4 atom stereocenters. The first-order chi connectivity index (χ1) is 7.65. The average molecular weight is 230 g/mol. The first-order valence-electron chi connectivity index (χ1n) is 4.76. The first-order valence-corrected chi connectivity index (χ1v) is 4.76. The SMILES string of the molecule is O=c1ncccn1[C@@H]1O[C@H](CO)[C@H](O)[C@@H]1F. The minimum atomic E-state index is -1.76. The predicted octanol–water partition coefficient (Wildman–Crippen LogP) is -1.17. The lowest BCUT2D eigenvalue weighted by Gasteiger charge is -2.14. The average Bonchev–Trinajstić information content (AvgIpc) is 2.57. The van der Waals surface area contributed by atoms with Crippen LogP contribution in [0.4, 0.5) is 4.39 Å². The molecule has 0 aliphatic carbocycles. The normalized spacial score (nSPS) is 34.2. The van der Waals surface area contributed by atoms with Crippen molar-refractivity contribution >= 4 is 0 Å². The van der Waals surface area contributed by atoms with E-state index in [4.69, 9.17) is 9.84 Å². The Balaban J connectivity index is 2.30. The number of hydrogen-bond donors (Lipinski definition) is 2. The molecular weight excluding hydrogens is 219 g/mol. The summed E-state index contributed by atoms with van der Waals surface area (Å²) in [4.78, 5) is 14.8. The molecule has 0 radical (unpaired) electrons. The van der Waals surface area contributed by atoms with E-state index < -0.39 is 36.9 Å². The summed E-state index contributed by atoms with van der Waals surface area (Å²) in [5.41, 5.74) is -0.666. The highest BCUT2D eigenvalue weighted by atomic mass is 19.1. The maximum atomic E-state index is 13.6. The van der Waals surface area contributed by atoms with Gasteiger partial charge in [0.05, 0.1) is 6.61 Å². The molecule has 2 heterocycles. The summed E-state index contributed by atoms with van der Waals surface area (Å²) < 4.78 is 19.6. The predicted molar refractivity (Wildman–Crippen MR) is 50.4 cm³/mol. The monoisotopic (exact) mass is 230 g/mol. The molecule has 0 saturated carbocycles. The van der Waals surface area contributed by atoms with Gasteiger partial charge in [0.25, 0.3) is 0 Å². The van der Waals surface area contributed by atoms with Crippen molar-refractivity contribution in [1.29, 1.82) is 0 Å². The minimum absolute atomic E-state index is 0.507. The van der Waals surface area contributed by atoms with Gasteiger partial charge in [0.2, 0.25) is 0 Å². The molecule has 2 N–H and O–H groups in total. The molecule has 7 heteroatoms. The third kappa shape index (κ3) is 1.73. The summed E-state index contributed by atoms with van der Waals surface area (Å²) in [6, 6.07) is 1.45. The lowest BCUT2D eigenvalue weighted by Crippen LogP contribution is -2.33. The van der Waals surface area contributed by atoms with E-state index in [-0.39, 0.29) is 0 Å². The van der Waals surface area contributed by atoms with Crippen molar-refractivity contribution in [3.05, 3.63) is 28.9 Å². The Morgan fingerprint density at radius 1 is 1.62 bits per heavy atom. The number of alkyl halides is 1. The second-order valence-electron chi connectivity index (χ2n) is 3.49. The van der Waals surface area contributed by atoms with Crippen LogP contribution < -0.4 is 5.69 Å². The summed E-state index contributed by atoms with van der Waals surface area (Å²) in [6.07, 6.45) is -2.87. The van der Waals surface area contributed by atoms with Gasteiger partial charge in [0, 0.05) is 12.4 Å². The molecule has 1 aliphatic heterocycles. The van der Waals surface area contributed by atoms with Crippen LogP contribution in [-0.2, 0) is 4.74 Å². The molecule has 1 aromatic heterocycles. The lowest BCUT2D eigenvalue weighted by atomic mass is 10.1. The molecule has 1 aliphatic rings. The lowest BCUT2D eigenvalue weighted by molar-refractivity contribution is -0.0491. The zero-order valence-electron chi connectivity index (χ0n) is 8.23. The number of nitrogens with zero attached hydrogens (tertiary/aromatic N) is 2. The van der Waals surface area contributed by atoms with E-state index in [1.165, 1.54) is 18.5 Å². The van der Waals surface area contributed by atoms with Crippen molar-refractivity contribution in [3.63, 3.8) is 0 Å². The molecule has 2 rings (SSSR count). The molecule has 6 nitrogen and oxygen atoms in total. The van der Waals surface area contributed by atoms with Gasteiger partial charge in [-0.05, 0) is 6.07 Å². The molecule has 16 heavy (non-hydrogen) atoms. The van der Waals surface area contributed by atoms with E-state index in [1.54, 1.807) is 0 Å². The third-order valence-corrected chi connectivity index (χ3v) is 2.49. The number of aliphatic hydroxyl groups excluding tert-OH is 2. The van der Waals surface area contributed by atoms with Gasteiger partial charge in [0.15, 0.2) is 12.4 Å². The number of aromatic nitrogens is 2. The van der Waals surface area contributed by atoms with Crippen LogP contribution in [0.5, 0.6) is 0 Å². The van der Waals surface area contributed by atoms with Crippen molar-refractivity contribution in [2.24, 2.45) is 0 Å². The fourth-order valence-electron chi connectivity index (χ4n) is 1.64. The van der Waals surface area contributed by atoms with E-state index >= 15 is 0 Å². The fourth-order valence-corrected chi connectivity index (χ4v) is 1.64. The quantitative estimate of drug-likeness (QED) is 0.669. The van der Waals surface area contributed by atoms with E-state index in [9.17, 15) is 14.3 Å². The number of rotatable bonds is 2. The number of hydrogen-bond acceptors (Lipinski definition) is 5. The number of aliphatic hydroxyl groups is 2. The van der Waals surface area contributed by atoms with Gasteiger partial charge < -0.3 is 14.9 Å². The maximum absolute atomic E-state index is 13.6. The van der Waals surface area contributed by atoms with Gasteiger partial charge in [-0.25, -0.2) is 14.2 Å². The van der Waals surface area contributed by atoms with Crippen LogP contribution in [0.3, 0.4) is 0 Å². The summed E-state index contributed by atoms with van der Waals surface area (Å²) in [5, 5.41) is 18.2. The zero-order valence-corrected chi connectivity index (χ0v) is 8.23. The summed E-state index contributed by atoms with van der Waals surface area (Å²) in [6.45, 7) is -0.507. The van der Waals surface area contributed by atoms with Gasteiger partial charge in [0.1, 0.15) is 12.2 Å². The Hall–Kier alpha value is -1.31. The Kier molecular flexibility index (Phi) is 2.99. The number of ether oxygens (including phenoxy) is 1. The van der Waals surface area contributed by atoms with Crippen LogP contribution in [0.15, 0.2) is 23.3 Å². The standard InChI is InChI=1S/C9H11FN2O4/c10-6-7(14)5(4-13)16-8(6)12-3-1-2-11-9(12)15/h1-3,5-8,13-14H,4H2/t5-,6+,7+,8-/m1/s1. The van der Waals surface area contributed by atoms with Crippen molar-refractivity contribution in [2.45, 2.75) is 24.6 Å². The smallest absolute Gasteiger partial charge is 0.349 e. The number of halogens is 1. The molecule has 0 amide bonds. The molecule has 0 bridgehead atoms. The zero-order chi connectivity index (χ0) is 11.7. The van der Waals surface area contributed by atoms with Gasteiger partial charge in [-0.1, -0.05) is 0 Å². The third-order valence-electron chi connectivity index (χ3n) is 2.49. The molecule has 1 fully saturated rings. The van der Waals surface area contributed by atoms with E-state index in [0.717, 1.165) is 4.57 Å².